The predicted octanol–water partition coefficient (Wildman–Crippen LogP) is 16.2. The number of anilines is 3. The molecule has 3 heteroatoms. The lowest BCUT2D eigenvalue weighted by molar-refractivity contribution is 0.435. The Labute approximate surface area is 378 Å². The van der Waals surface area contributed by atoms with Crippen molar-refractivity contribution in [2.24, 2.45) is 0 Å². The Kier molecular flexibility index (Phi) is 7.38. The summed E-state index contributed by atoms with van der Waals surface area (Å²) in [5, 5.41) is 4.98. The van der Waals surface area contributed by atoms with E-state index in [1.54, 1.807) is 0 Å². The van der Waals surface area contributed by atoms with Crippen molar-refractivity contribution in [1.29, 1.82) is 0 Å². The van der Waals surface area contributed by atoms with Crippen LogP contribution in [0.5, 0.6) is 11.5 Å². The van der Waals surface area contributed by atoms with Gasteiger partial charge < -0.3 is 14.2 Å². The highest BCUT2D eigenvalue weighted by atomic mass is 16.5. The highest BCUT2D eigenvalue weighted by Gasteiger charge is 2.50. The van der Waals surface area contributed by atoms with E-state index in [0.717, 1.165) is 50.9 Å². The van der Waals surface area contributed by atoms with Gasteiger partial charge in [-0.05, 0) is 122 Å². The molecule has 0 amide bonds. The summed E-state index contributed by atoms with van der Waals surface area (Å²) in [6.45, 7) is 4.71. The zero-order chi connectivity index (χ0) is 43.0. The number of fused-ring (bicyclic) bond motifs is 14. The third kappa shape index (κ3) is 4.85. The van der Waals surface area contributed by atoms with Gasteiger partial charge in [-0.15, -0.1) is 0 Å². The summed E-state index contributed by atoms with van der Waals surface area (Å²) < 4.78 is 9.42. The van der Waals surface area contributed by atoms with Gasteiger partial charge in [0.15, 0.2) is 0 Å². The first kappa shape index (κ1) is 36.4. The molecule has 2 heterocycles. The fourth-order valence-corrected chi connectivity index (χ4v) is 12.1. The van der Waals surface area contributed by atoms with E-state index in [4.69, 9.17) is 4.74 Å². The van der Waals surface area contributed by atoms with Crippen molar-refractivity contribution in [1.82, 2.24) is 4.57 Å². The van der Waals surface area contributed by atoms with E-state index in [-0.39, 0.29) is 5.41 Å². The molecule has 1 aliphatic heterocycles. The van der Waals surface area contributed by atoms with Gasteiger partial charge in [-0.25, -0.2) is 0 Å². The molecule has 0 saturated heterocycles. The number of hydrogen-bond donors (Lipinski definition) is 0. The summed E-state index contributed by atoms with van der Waals surface area (Å²) in [7, 11) is 0. The van der Waals surface area contributed by atoms with Crippen LogP contribution < -0.4 is 9.64 Å². The van der Waals surface area contributed by atoms with Gasteiger partial charge in [0, 0.05) is 50.1 Å². The molecular formula is C62H42N2O. The topological polar surface area (TPSA) is 17.4 Å². The normalized spacial score (nSPS) is 15.8. The fraction of sp³-hybridized carbons (Fsp3) is 0.0645. The Morgan fingerprint density at radius 2 is 0.969 bits per heavy atom. The molecule has 1 aromatic heterocycles. The second kappa shape index (κ2) is 13.2. The molecule has 0 saturated carbocycles. The van der Waals surface area contributed by atoms with Crippen molar-refractivity contribution in [3.8, 4) is 39.4 Å². The van der Waals surface area contributed by atoms with E-state index in [0.29, 0.717) is 0 Å². The maximum atomic E-state index is 7.01. The summed E-state index contributed by atoms with van der Waals surface area (Å²) >= 11 is 0. The SMILES string of the molecule is CC1(C)c2ccccc2-c2cc(N(c3ccc4c(c3)C3(c5ccccc5O4)c4ccccc4-c4cccc5cccc3c45)c3ccc4c5ccccc5n(-c5ccccc5)c4c3)ccc21. The van der Waals surface area contributed by atoms with Crippen LogP contribution in [0.4, 0.5) is 17.1 Å². The molecule has 14 rings (SSSR count). The van der Waals surface area contributed by atoms with Crippen molar-refractivity contribution < 1.29 is 4.74 Å². The molecule has 1 unspecified atom stereocenters. The molecule has 2 aliphatic carbocycles. The largest absolute Gasteiger partial charge is 0.457 e. The zero-order valence-electron chi connectivity index (χ0n) is 36.1. The molecule has 0 fully saturated rings. The lowest BCUT2D eigenvalue weighted by Crippen LogP contribution is -2.36. The Balaban J connectivity index is 1.07. The number of hydrogen-bond acceptors (Lipinski definition) is 2. The smallest absolute Gasteiger partial charge is 0.132 e. The summed E-state index contributed by atoms with van der Waals surface area (Å²) in [4.78, 5) is 2.47. The molecule has 0 bridgehead atoms. The molecule has 0 radical (unpaired) electrons. The first-order chi connectivity index (χ1) is 32.0. The number of benzene rings is 10. The van der Waals surface area contributed by atoms with Gasteiger partial charge >= 0.3 is 0 Å². The van der Waals surface area contributed by atoms with Crippen LogP contribution in [-0.4, -0.2) is 4.57 Å². The van der Waals surface area contributed by atoms with Gasteiger partial charge in [0.25, 0.3) is 0 Å². The van der Waals surface area contributed by atoms with E-state index in [1.165, 1.54) is 71.6 Å². The Morgan fingerprint density at radius 3 is 1.83 bits per heavy atom. The summed E-state index contributed by atoms with van der Waals surface area (Å²) in [5.74, 6) is 1.75. The standard InChI is InChI=1S/C62H42N2O/c1-61(2)50-24-9-6-21-45(50)49-36-41(31-34-51(49)61)63(43-30-33-47-46-22-8-12-28-56(46)64(57(47)38-43)40-18-4-3-5-19-40)42-32-35-59-55(37-42)62(53-26-11-13-29-58(53)65-59)52-25-10-7-20-44(52)48-23-14-16-39-17-15-27-54(62)60(39)48/h3-38H,1-2H3. The minimum Gasteiger partial charge on any atom is -0.457 e. The second-order valence-electron chi connectivity index (χ2n) is 18.4. The number of aromatic nitrogens is 1. The first-order valence-corrected chi connectivity index (χ1v) is 22.7. The third-order valence-corrected chi connectivity index (χ3v) is 14.8. The van der Waals surface area contributed by atoms with E-state index in [1.807, 2.05) is 0 Å². The van der Waals surface area contributed by atoms with Crippen LogP contribution in [0.15, 0.2) is 218 Å². The minimum absolute atomic E-state index is 0.112. The molecule has 306 valence electrons. The Bertz CT molecular complexity index is 3800. The van der Waals surface area contributed by atoms with Crippen LogP contribution in [-0.2, 0) is 10.8 Å². The van der Waals surface area contributed by atoms with E-state index < -0.39 is 5.41 Å². The number of nitrogens with zero attached hydrogens (tertiary/aromatic N) is 2. The maximum absolute atomic E-state index is 7.01. The quantitative estimate of drug-likeness (QED) is 0.176. The fourth-order valence-electron chi connectivity index (χ4n) is 12.1. The molecule has 11 aromatic rings. The van der Waals surface area contributed by atoms with Crippen molar-refractivity contribution in [3.63, 3.8) is 0 Å². The van der Waals surface area contributed by atoms with Gasteiger partial charge in [0.1, 0.15) is 11.5 Å². The van der Waals surface area contributed by atoms with Crippen LogP contribution in [0.25, 0.3) is 60.5 Å². The van der Waals surface area contributed by atoms with Gasteiger partial charge in [-0.1, -0.05) is 166 Å². The minimum atomic E-state index is -0.666. The molecule has 1 atom stereocenters. The van der Waals surface area contributed by atoms with Gasteiger partial charge in [0.05, 0.1) is 16.4 Å². The summed E-state index contributed by atoms with van der Waals surface area (Å²) in [6, 6.07) is 80.8. The van der Waals surface area contributed by atoms with Crippen molar-refractivity contribution >= 4 is 49.6 Å². The second-order valence-corrected chi connectivity index (χ2v) is 18.4. The van der Waals surface area contributed by atoms with Crippen molar-refractivity contribution in [3.05, 3.63) is 252 Å². The highest BCUT2D eigenvalue weighted by Crippen LogP contribution is 2.62. The number of ether oxygens (including phenoxy) is 1. The molecule has 1 spiro atoms. The monoisotopic (exact) mass is 830 g/mol. The van der Waals surface area contributed by atoms with E-state index in [9.17, 15) is 0 Å². The highest BCUT2D eigenvalue weighted by molar-refractivity contribution is 6.11. The number of rotatable bonds is 4. The molecule has 3 nitrogen and oxygen atoms in total. The molecular weight excluding hydrogens is 789 g/mol. The van der Waals surface area contributed by atoms with Crippen LogP contribution in [0, 0.1) is 0 Å². The lowest BCUT2D eigenvalue weighted by atomic mass is 9.58. The van der Waals surface area contributed by atoms with Gasteiger partial charge in [-0.2, -0.15) is 0 Å². The van der Waals surface area contributed by atoms with Crippen molar-refractivity contribution in [2.75, 3.05) is 4.90 Å². The van der Waals surface area contributed by atoms with E-state index >= 15 is 0 Å². The Hall–Kier alpha value is -8.14. The summed E-state index contributed by atoms with van der Waals surface area (Å²) in [6.07, 6.45) is 0. The Morgan fingerprint density at radius 1 is 0.385 bits per heavy atom. The molecule has 65 heavy (non-hydrogen) atoms. The van der Waals surface area contributed by atoms with Crippen LogP contribution in [0.3, 0.4) is 0 Å². The van der Waals surface area contributed by atoms with Crippen molar-refractivity contribution in [2.45, 2.75) is 24.7 Å². The molecule has 3 aliphatic rings. The van der Waals surface area contributed by atoms with Crippen LogP contribution in [0.2, 0.25) is 0 Å². The third-order valence-electron chi connectivity index (χ3n) is 14.8. The first-order valence-electron chi connectivity index (χ1n) is 22.7. The molecule has 0 N–H and O–H groups in total. The van der Waals surface area contributed by atoms with Gasteiger partial charge in [-0.3, -0.25) is 0 Å². The average Bonchev–Trinajstić information content (AvgIpc) is 3.80. The van der Waals surface area contributed by atoms with E-state index in [2.05, 4.69) is 242 Å². The number of para-hydroxylation sites is 3. The predicted molar refractivity (Wildman–Crippen MR) is 268 cm³/mol. The lowest BCUT2D eigenvalue weighted by Gasteiger charge is -2.45. The zero-order valence-corrected chi connectivity index (χ0v) is 36.1. The van der Waals surface area contributed by atoms with Gasteiger partial charge in [0.2, 0.25) is 0 Å². The summed E-state index contributed by atoms with van der Waals surface area (Å²) in [5.41, 5.74) is 18.6. The van der Waals surface area contributed by atoms with Crippen LogP contribution >= 0.6 is 0 Å². The molecule has 10 aromatic carbocycles. The van der Waals surface area contributed by atoms with Crippen LogP contribution in [0.1, 0.15) is 47.2 Å². The maximum Gasteiger partial charge on any atom is 0.132 e. The average molecular weight is 831 g/mol.